The lowest BCUT2D eigenvalue weighted by Gasteiger charge is -2.28. The Morgan fingerprint density at radius 2 is 1.97 bits per heavy atom. The fraction of sp³-hybridized carbons (Fsp3) is 0.600. The van der Waals surface area contributed by atoms with E-state index < -0.39 is 45.1 Å². The van der Waals surface area contributed by atoms with E-state index >= 15 is 0 Å². The molecular formula is C15H20BrN5O7S. The molecule has 0 saturated carbocycles. The van der Waals surface area contributed by atoms with Crippen molar-refractivity contribution >= 4 is 31.6 Å². The van der Waals surface area contributed by atoms with E-state index in [-0.39, 0.29) is 22.5 Å². The number of aliphatic hydroxyl groups is 1. The summed E-state index contributed by atoms with van der Waals surface area (Å²) in [6, 6.07) is 3.24. The fourth-order valence-corrected chi connectivity index (χ4v) is 4.47. The number of halogens is 1. The van der Waals surface area contributed by atoms with Gasteiger partial charge in [-0.05, 0) is 31.5 Å². The van der Waals surface area contributed by atoms with Crippen LogP contribution in [-0.4, -0.2) is 60.5 Å². The number of non-ortho nitro benzene ring substituents is 1. The van der Waals surface area contributed by atoms with E-state index in [9.17, 15) is 23.6 Å². The number of nitro groups is 1. The summed E-state index contributed by atoms with van der Waals surface area (Å²) in [6.45, 7) is 2.91. The van der Waals surface area contributed by atoms with Crippen LogP contribution in [0.25, 0.3) is 10.4 Å². The van der Waals surface area contributed by atoms with Crippen LogP contribution in [-0.2, 0) is 19.5 Å². The van der Waals surface area contributed by atoms with Crippen LogP contribution in [0.1, 0.15) is 13.8 Å². The molecule has 14 heteroatoms. The first-order valence-corrected chi connectivity index (χ1v) is 11.0. The first kappa shape index (κ1) is 23.5. The highest BCUT2D eigenvalue weighted by Crippen LogP contribution is 2.33. The molecule has 29 heavy (non-hydrogen) atoms. The second kappa shape index (κ2) is 9.34. The molecule has 0 amide bonds. The Bertz CT molecular complexity index is 889. The highest BCUT2D eigenvalue weighted by Gasteiger charge is 2.48. The summed E-state index contributed by atoms with van der Waals surface area (Å²) >= 11 is 3.15. The SMILES string of the molecule is CC1(C)O[C@H]([C@H](O)CBr)[C@@H]([C@@H](CN=[N+]=[N-])NS(=O)(=O)c2ccc([N+](=O)[O-])cc2)O1. The zero-order valence-corrected chi connectivity index (χ0v) is 17.9. The molecule has 1 aliphatic rings. The number of aliphatic hydroxyl groups excluding tert-OH is 1. The minimum atomic E-state index is -4.15. The monoisotopic (exact) mass is 493 g/mol. The van der Waals surface area contributed by atoms with Gasteiger partial charge in [0, 0.05) is 28.9 Å². The molecule has 12 nitrogen and oxygen atoms in total. The van der Waals surface area contributed by atoms with Crippen LogP contribution in [0.5, 0.6) is 0 Å². The van der Waals surface area contributed by atoms with Crippen molar-refractivity contribution in [2.24, 2.45) is 5.11 Å². The molecule has 0 radical (unpaired) electrons. The maximum atomic E-state index is 12.8. The molecule has 1 saturated heterocycles. The third-order valence-corrected chi connectivity index (χ3v) is 6.27. The Labute approximate surface area is 175 Å². The quantitative estimate of drug-likeness (QED) is 0.131. The van der Waals surface area contributed by atoms with Crippen molar-refractivity contribution in [1.82, 2.24) is 4.72 Å². The molecule has 0 aliphatic carbocycles. The van der Waals surface area contributed by atoms with E-state index in [2.05, 4.69) is 30.7 Å². The van der Waals surface area contributed by atoms with Crippen molar-refractivity contribution in [2.45, 2.75) is 48.9 Å². The fourth-order valence-electron chi connectivity index (χ4n) is 2.86. The Morgan fingerprint density at radius 1 is 1.38 bits per heavy atom. The highest BCUT2D eigenvalue weighted by atomic mass is 79.9. The van der Waals surface area contributed by atoms with Crippen LogP contribution >= 0.6 is 15.9 Å². The summed E-state index contributed by atoms with van der Waals surface area (Å²) in [5, 5.41) is 24.6. The van der Waals surface area contributed by atoms with Gasteiger partial charge in [0.05, 0.1) is 22.0 Å². The smallest absolute Gasteiger partial charge is 0.269 e. The molecule has 1 heterocycles. The second-order valence-electron chi connectivity index (χ2n) is 6.68. The number of benzene rings is 1. The van der Waals surface area contributed by atoms with Crippen molar-refractivity contribution in [1.29, 1.82) is 0 Å². The molecule has 1 aliphatic heterocycles. The minimum Gasteiger partial charge on any atom is -0.389 e. The number of hydrogen-bond acceptors (Lipinski definition) is 8. The molecule has 160 valence electrons. The van der Waals surface area contributed by atoms with Gasteiger partial charge < -0.3 is 14.6 Å². The summed E-state index contributed by atoms with van der Waals surface area (Å²) in [4.78, 5) is 12.5. The average Bonchev–Trinajstić information content (AvgIpc) is 3.00. The first-order chi connectivity index (χ1) is 13.5. The number of hydrogen-bond donors (Lipinski definition) is 2. The molecule has 1 aromatic carbocycles. The van der Waals surface area contributed by atoms with Crippen molar-refractivity contribution in [2.75, 3.05) is 11.9 Å². The predicted octanol–water partition coefficient (Wildman–Crippen LogP) is 1.83. The molecule has 0 bridgehead atoms. The zero-order chi connectivity index (χ0) is 21.8. The van der Waals surface area contributed by atoms with Gasteiger partial charge in [-0.3, -0.25) is 10.1 Å². The van der Waals surface area contributed by atoms with Crippen LogP contribution in [0.2, 0.25) is 0 Å². The molecule has 2 N–H and O–H groups in total. The van der Waals surface area contributed by atoms with Crippen molar-refractivity contribution < 1.29 is 27.9 Å². The van der Waals surface area contributed by atoms with Crippen LogP contribution < -0.4 is 4.72 Å². The highest BCUT2D eigenvalue weighted by molar-refractivity contribution is 9.09. The molecule has 0 aromatic heterocycles. The third-order valence-electron chi connectivity index (χ3n) is 4.10. The second-order valence-corrected chi connectivity index (χ2v) is 9.04. The number of nitro benzene ring substituents is 1. The van der Waals surface area contributed by atoms with E-state index in [1.807, 2.05) is 0 Å². The van der Waals surface area contributed by atoms with E-state index in [1.165, 1.54) is 0 Å². The van der Waals surface area contributed by atoms with Crippen LogP contribution in [0.4, 0.5) is 5.69 Å². The van der Waals surface area contributed by atoms with Crippen molar-refractivity contribution in [3.8, 4) is 0 Å². The van der Waals surface area contributed by atoms with E-state index in [0.29, 0.717) is 0 Å². The number of rotatable bonds is 9. The standard InChI is InChI=1S/C15H20BrN5O7S/c1-15(2)27-13(14(28-15)12(22)7-16)11(8-18-20-17)19-29(25,26)10-5-3-9(4-6-10)21(23)24/h3-6,11-14,19,22H,7-8H2,1-2H3/t11-,12-,13-,14-/m1/s1. The molecule has 1 fully saturated rings. The van der Waals surface area contributed by atoms with Gasteiger partial charge in [0.25, 0.3) is 5.69 Å². The Kier molecular flexibility index (Phi) is 7.56. The predicted molar refractivity (Wildman–Crippen MR) is 105 cm³/mol. The number of azide groups is 1. The maximum Gasteiger partial charge on any atom is 0.269 e. The van der Waals surface area contributed by atoms with Crippen molar-refractivity contribution in [3.63, 3.8) is 0 Å². The minimum absolute atomic E-state index is 0.150. The number of ether oxygens (including phenoxy) is 2. The lowest BCUT2D eigenvalue weighted by molar-refractivity contribution is -0.384. The summed E-state index contributed by atoms with van der Waals surface area (Å²) in [5.41, 5.74) is 8.41. The van der Waals surface area contributed by atoms with E-state index in [4.69, 9.17) is 15.0 Å². The van der Waals surface area contributed by atoms with E-state index in [1.54, 1.807) is 13.8 Å². The number of sulfonamides is 1. The van der Waals surface area contributed by atoms with Crippen molar-refractivity contribution in [3.05, 3.63) is 44.8 Å². The Morgan fingerprint density at radius 3 is 2.48 bits per heavy atom. The third kappa shape index (κ3) is 5.85. The van der Waals surface area contributed by atoms with Gasteiger partial charge in [-0.15, -0.1) is 0 Å². The summed E-state index contributed by atoms with van der Waals surface area (Å²) in [7, 11) is -4.15. The Balaban J connectivity index is 2.33. The summed E-state index contributed by atoms with van der Waals surface area (Å²) < 4.78 is 39.4. The molecule has 0 spiro atoms. The number of alkyl halides is 1. The largest absolute Gasteiger partial charge is 0.389 e. The lowest BCUT2D eigenvalue weighted by atomic mass is 10.0. The topological polar surface area (TPSA) is 177 Å². The summed E-state index contributed by atoms with van der Waals surface area (Å²) in [6.07, 6.45) is -2.88. The Hall–Kier alpha value is -1.80. The molecule has 4 atom stereocenters. The number of nitrogens with zero attached hydrogens (tertiary/aromatic N) is 4. The van der Waals surface area contributed by atoms with Gasteiger partial charge >= 0.3 is 0 Å². The first-order valence-electron chi connectivity index (χ1n) is 8.38. The van der Waals surface area contributed by atoms with Crippen LogP contribution in [0.15, 0.2) is 34.3 Å². The number of nitrogens with one attached hydrogen (secondary N) is 1. The average molecular weight is 494 g/mol. The van der Waals surface area contributed by atoms with Gasteiger partial charge in [0.15, 0.2) is 5.79 Å². The lowest BCUT2D eigenvalue weighted by Crippen LogP contribution is -2.52. The molecule has 1 aromatic rings. The molecule has 0 unspecified atom stereocenters. The van der Waals surface area contributed by atoms with Gasteiger partial charge in [0.1, 0.15) is 12.2 Å². The van der Waals surface area contributed by atoms with Crippen LogP contribution in [0.3, 0.4) is 0 Å². The maximum absolute atomic E-state index is 12.8. The van der Waals surface area contributed by atoms with Crippen LogP contribution in [0, 0.1) is 10.1 Å². The normalized spacial score (nSPS) is 23.2. The van der Waals surface area contributed by atoms with Gasteiger partial charge in [0.2, 0.25) is 10.0 Å². The summed E-state index contributed by atoms with van der Waals surface area (Å²) in [5.74, 6) is -1.11. The van der Waals surface area contributed by atoms with Gasteiger partial charge in [-0.1, -0.05) is 21.0 Å². The molecular weight excluding hydrogens is 474 g/mol. The van der Waals surface area contributed by atoms with Gasteiger partial charge in [-0.25, -0.2) is 13.1 Å². The zero-order valence-electron chi connectivity index (χ0n) is 15.5. The molecule has 2 rings (SSSR count). The van der Waals surface area contributed by atoms with Gasteiger partial charge in [-0.2, -0.15) is 0 Å². The van der Waals surface area contributed by atoms with E-state index in [0.717, 1.165) is 24.3 Å².